The van der Waals surface area contributed by atoms with Crippen LogP contribution in [0, 0.1) is 0 Å². The lowest BCUT2D eigenvalue weighted by molar-refractivity contribution is 0.122. The number of nitrogens with one attached hydrogen (secondary N) is 2. The van der Waals surface area contributed by atoms with E-state index in [0.29, 0.717) is 0 Å². The topological polar surface area (TPSA) is 53.2 Å². The van der Waals surface area contributed by atoms with Crippen LogP contribution in [-0.2, 0) is 11.3 Å². The summed E-state index contributed by atoms with van der Waals surface area (Å²) in [5.74, 6) is 0.982. The monoisotopic (exact) mass is 222 g/mol. The molecule has 0 atom stereocenters. The number of imidazole rings is 1. The molecule has 2 fully saturated rings. The molecule has 2 N–H and O–H groups in total. The van der Waals surface area contributed by atoms with Crippen molar-refractivity contribution in [1.29, 1.82) is 0 Å². The molecule has 0 spiro atoms. The standard InChI is InChI=1S/C11H18N4O/c1-2-9(1)12-7-10-8-13-11(14-10)15-3-5-16-6-4-15/h8-9,12H,1-7H2,(H,13,14). The van der Waals surface area contributed by atoms with E-state index in [1.54, 1.807) is 0 Å². The van der Waals surface area contributed by atoms with Gasteiger partial charge in [0.25, 0.3) is 0 Å². The van der Waals surface area contributed by atoms with Crippen LogP contribution in [0.1, 0.15) is 18.5 Å². The highest BCUT2D eigenvalue weighted by Crippen LogP contribution is 2.19. The van der Waals surface area contributed by atoms with Crippen LogP contribution in [0.4, 0.5) is 5.95 Å². The summed E-state index contributed by atoms with van der Waals surface area (Å²) >= 11 is 0. The molecule has 16 heavy (non-hydrogen) atoms. The van der Waals surface area contributed by atoms with E-state index in [0.717, 1.165) is 44.8 Å². The summed E-state index contributed by atoms with van der Waals surface area (Å²) in [5.41, 5.74) is 1.17. The minimum Gasteiger partial charge on any atom is -0.378 e. The number of aromatic nitrogens is 2. The van der Waals surface area contributed by atoms with E-state index < -0.39 is 0 Å². The second-order valence-corrected chi connectivity index (χ2v) is 4.49. The molecular formula is C11H18N4O. The Kier molecular flexibility index (Phi) is 2.80. The van der Waals surface area contributed by atoms with E-state index in [1.165, 1.54) is 18.5 Å². The van der Waals surface area contributed by atoms with Gasteiger partial charge in [-0.15, -0.1) is 0 Å². The van der Waals surface area contributed by atoms with Crippen LogP contribution < -0.4 is 10.2 Å². The first-order chi connectivity index (χ1) is 7.92. The molecule has 0 amide bonds. The Morgan fingerprint density at radius 2 is 2.25 bits per heavy atom. The number of aromatic amines is 1. The second-order valence-electron chi connectivity index (χ2n) is 4.49. The minimum atomic E-state index is 0.745. The summed E-state index contributed by atoms with van der Waals surface area (Å²) < 4.78 is 5.32. The Balaban J connectivity index is 1.57. The highest BCUT2D eigenvalue weighted by Gasteiger charge is 2.20. The first kappa shape index (κ1) is 10.1. The third-order valence-corrected chi connectivity index (χ3v) is 3.08. The first-order valence-electron chi connectivity index (χ1n) is 6.02. The molecule has 3 rings (SSSR count). The smallest absolute Gasteiger partial charge is 0.203 e. The molecule has 2 heterocycles. The highest BCUT2D eigenvalue weighted by molar-refractivity contribution is 5.31. The summed E-state index contributed by atoms with van der Waals surface area (Å²) in [4.78, 5) is 10.0. The van der Waals surface area contributed by atoms with Crippen molar-refractivity contribution < 1.29 is 4.74 Å². The van der Waals surface area contributed by atoms with Crippen LogP contribution in [0.2, 0.25) is 0 Å². The molecule has 0 radical (unpaired) electrons. The zero-order chi connectivity index (χ0) is 10.8. The van der Waals surface area contributed by atoms with Crippen molar-refractivity contribution in [2.24, 2.45) is 0 Å². The lowest BCUT2D eigenvalue weighted by atomic mass is 10.4. The van der Waals surface area contributed by atoms with Gasteiger partial charge < -0.3 is 19.9 Å². The lowest BCUT2D eigenvalue weighted by Gasteiger charge is -2.26. The third kappa shape index (κ3) is 2.36. The zero-order valence-electron chi connectivity index (χ0n) is 9.41. The number of rotatable bonds is 4. The molecule has 1 saturated heterocycles. The first-order valence-corrected chi connectivity index (χ1v) is 6.02. The Bertz CT molecular complexity index is 342. The Morgan fingerprint density at radius 1 is 1.44 bits per heavy atom. The number of anilines is 1. The molecule has 0 unspecified atom stereocenters. The van der Waals surface area contributed by atoms with Crippen molar-refractivity contribution in [3.05, 3.63) is 11.9 Å². The Morgan fingerprint density at radius 3 is 3.00 bits per heavy atom. The lowest BCUT2D eigenvalue weighted by Crippen LogP contribution is -2.36. The van der Waals surface area contributed by atoms with Gasteiger partial charge in [0.2, 0.25) is 5.95 Å². The predicted octanol–water partition coefficient (Wildman–Crippen LogP) is 0.498. The number of ether oxygens (including phenoxy) is 1. The normalized spacial score (nSPS) is 21.4. The molecule has 5 heteroatoms. The molecule has 0 bridgehead atoms. The molecule has 2 aliphatic rings. The molecule has 1 saturated carbocycles. The van der Waals surface area contributed by atoms with Crippen molar-refractivity contribution in [2.45, 2.75) is 25.4 Å². The number of morpholine rings is 1. The molecule has 88 valence electrons. The second kappa shape index (κ2) is 4.43. The number of hydrogen-bond acceptors (Lipinski definition) is 4. The van der Waals surface area contributed by atoms with Crippen molar-refractivity contribution in [3.63, 3.8) is 0 Å². The summed E-state index contributed by atoms with van der Waals surface area (Å²) in [6, 6.07) is 0.745. The number of hydrogen-bond donors (Lipinski definition) is 2. The van der Waals surface area contributed by atoms with Crippen molar-refractivity contribution in [1.82, 2.24) is 15.3 Å². The van der Waals surface area contributed by atoms with Crippen molar-refractivity contribution in [3.8, 4) is 0 Å². The average molecular weight is 222 g/mol. The van der Waals surface area contributed by atoms with Crippen LogP contribution in [0.3, 0.4) is 0 Å². The van der Waals surface area contributed by atoms with Gasteiger partial charge in [-0.1, -0.05) is 0 Å². The van der Waals surface area contributed by atoms with Crippen molar-refractivity contribution in [2.75, 3.05) is 31.2 Å². The maximum absolute atomic E-state index is 5.32. The van der Waals surface area contributed by atoms with Crippen molar-refractivity contribution >= 4 is 5.95 Å². The minimum absolute atomic E-state index is 0.745. The van der Waals surface area contributed by atoms with Gasteiger partial charge in [0.15, 0.2) is 0 Å². The van der Waals surface area contributed by atoms with E-state index in [4.69, 9.17) is 4.74 Å². The Labute approximate surface area is 95.2 Å². The maximum atomic E-state index is 5.32. The van der Waals surface area contributed by atoms with E-state index in [-0.39, 0.29) is 0 Å². The molecule has 1 aliphatic heterocycles. The average Bonchev–Trinajstić information content (AvgIpc) is 3.05. The van der Waals surface area contributed by atoms with Gasteiger partial charge >= 0.3 is 0 Å². The van der Waals surface area contributed by atoms with E-state index in [2.05, 4.69) is 20.2 Å². The molecule has 1 aromatic rings. The van der Waals surface area contributed by atoms with Crippen LogP contribution >= 0.6 is 0 Å². The SMILES string of the molecule is c1nc(N2CCOCC2)[nH]c1CNC1CC1. The van der Waals surface area contributed by atoms with Crippen LogP contribution in [0.25, 0.3) is 0 Å². The van der Waals surface area contributed by atoms with Crippen LogP contribution in [-0.4, -0.2) is 42.3 Å². The number of nitrogens with zero attached hydrogens (tertiary/aromatic N) is 2. The largest absolute Gasteiger partial charge is 0.378 e. The third-order valence-electron chi connectivity index (χ3n) is 3.08. The predicted molar refractivity (Wildman–Crippen MR) is 61.5 cm³/mol. The molecule has 1 aromatic heterocycles. The van der Waals surface area contributed by atoms with Gasteiger partial charge in [0.1, 0.15) is 0 Å². The van der Waals surface area contributed by atoms with Gasteiger partial charge in [0.05, 0.1) is 25.1 Å². The van der Waals surface area contributed by atoms with E-state index in [9.17, 15) is 0 Å². The highest BCUT2D eigenvalue weighted by atomic mass is 16.5. The molecular weight excluding hydrogens is 204 g/mol. The van der Waals surface area contributed by atoms with E-state index in [1.807, 2.05) is 6.20 Å². The molecule has 5 nitrogen and oxygen atoms in total. The van der Waals surface area contributed by atoms with Gasteiger partial charge in [-0.05, 0) is 12.8 Å². The maximum Gasteiger partial charge on any atom is 0.203 e. The summed E-state index contributed by atoms with van der Waals surface area (Å²) in [7, 11) is 0. The fourth-order valence-electron chi connectivity index (χ4n) is 1.91. The number of H-pyrrole nitrogens is 1. The zero-order valence-corrected chi connectivity index (χ0v) is 9.41. The molecule has 0 aromatic carbocycles. The van der Waals surface area contributed by atoms with Gasteiger partial charge in [-0.25, -0.2) is 4.98 Å². The van der Waals surface area contributed by atoms with E-state index >= 15 is 0 Å². The van der Waals surface area contributed by atoms with Gasteiger partial charge in [0, 0.05) is 25.7 Å². The van der Waals surface area contributed by atoms with Gasteiger partial charge in [-0.3, -0.25) is 0 Å². The van der Waals surface area contributed by atoms with Gasteiger partial charge in [-0.2, -0.15) is 0 Å². The fourth-order valence-corrected chi connectivity index (χ4v) is 1.91. The molecule has 1 aliphatic carbocycles. The van der Waals surface area contributed by atoms with Crippen LogP contribution in [0.5, 0.6) is 0 Å². The Hall–Kier alpha value is -1.07. The van der Waals surface area contributed by atoms with Crippen LogP contribution in [0.15, 0.2) is 6.20 Å². The summed E-state index contributed by atoms with van der Waals surface area (Å²) in [5, 5.41) is 3.47. The quantitative estimate of drug-likeness (QED) is 0.779. The fraction of sp³-hybridized carbons (Fsp3) is 0.727. The summed E-state index contributed by atoms with van der Waals surface area (Å²) in [6.45, 7) is 4.38. The summed E-state index contributed by atoms with van der Waals surface area (Å²) in [6.07, 6.45) is 4.58.